The molecule has 0 saturated carbocycles. The van der Waals surface area contributed by atoms with Crippen LogP contribution in [-0.2, 0) is 20.6 Å². The third kappa shape index (κ3) is 5.76. The zero-order chi connectivity index (χ0) is 20.1. The van der Waals surface area contributed by atoms with Gasteiger partial charge < -0.3 is 5.32 Å². The van der Waals surface area contributed by atoms with E-state index in [1.807, 2.05) is 36.9 Å². The molecule has 1 aliphatic rings. The summed E-state index contributed by atoms with van der Waals surface area (Å²) in [4.78, 5) is 14.2. The zero-order valence-electron chi connectivity index (χ0n) is 16.2. The van der Waals surface area contributed by atoms with Crippen molar-refractivity contribution >= 4 is 15.9 Å². The highest BCUT2D eigenvalue weighted by atomic mass is 32.2. The van der Waals surface area contributed by atoms with Crippen LogP contribution in [0.5, 0.6) is 0 Å². The fraction of sp³-hybridized carbons (Fsp3) is 0.579. The molecule has 0 aromatic heterocycles. The first-order valence-electron chi connectivity index (χ1n) is 9.12. The highest BCUT2D eigenvalue weighted by Gasteiger charge is 2.32. The van der Waals surface area contributed by atoms with Gasteiger partial charge in [-0.1, -0.05) is 44.2 Å². The Labute approximate surface area is 162 Å². The molecule has 2 rings (SSSR count). The van der Waals surface area contributed by atoms with E-state index in [1.54, 1.807) is 19.1 Å². The molecule has 1 atom stereocenters. The number of nitrogens with zero attached hydrogens (tertiary/aromatic N) is 3. The second-order valence-electron chi connectivity index (χ2n) is 7.43. The summed E-state index contributed by atoms with van der Waals surface area (Å²) in [7, 11) is -3.37. The average Bonchev–Trinajstić information content (AvgIpc) is 2.62. The lowest BCUT2D eigenvalue weighted by atomic mass is 9.90. The first kappa shape index (κ1) is 21.4. The van der Waals surface area contributed by atoms with Gasteiger partial charge in [-0.3, -0.25) is 9.69 Å². The molecule has 0 unspecified atom stereocenters. The predicted molar refractivity (Wildman–Crippen MR) is 104 cm³/mol. The quantitative estimate of drug-likeness (QED) is 0.752. The van der Waals surface area contributed by atoms with E-state index in [0.717, 1.165) is 5.56 Å². The van der Waals surface area contributed by atoms with Gasteiger partial charge in [0.25, 0.3) is 0 Å². The van der Waals surface area contributed by atoms with Gasteiger partial charge in [0.2, 0.25) is 15.9 Å². The van der Waals surface area contributed by atoms with E-state index in [-0.39, 0.29) is 24.1 Å². The van der Waals surface area contributed by atoms with Gasteiger partial charge in [-0.2, -0.15) is 9.57 Å². The number of benzene rings is 1. The summed E-state index contributed by atoms with van der Waals surface area (Å²) in [5, 5.41) is 12.1. The molecular formula is C19H28N4O3S. The van der Waals surface area contributed by atoms with Crippen LogP contribution in [0.25, 0.3) is 0 Å². The first-order valence-corrected chi connectivity index (χ1v) is 10.7. The summed E-state index contributed by atoms with van der Waals surface area (Å²) in [6.07, 6.45) is 0. The topological polar surface area (TPSA) is 93.5 Å². The number of carbonyl (C=O) groups is 1. The third-order valence-corrected chi connectivity index (χ3v) is 6.92. The van der Waals surface area contributed by atoms with Gasteiger partial charge in [-0.15, -0.1) is 0 Å². The molecule has 0 aliphatic carbocycles. The standard InChI is InChI=1S/C19H28N4O3S/c1-16(2)19(3,15-20)21-18(24)13-22-9-11-23(12-10-22)27(25,26)14-17-7-5-4-6-8-17/h4-8,16H,9-14H2,1-3H3,(H,21,24)/t19-/m0/s1. The Balaban J connectivity index is 1.86. The van der Waals surface area contributed by atoms with Crippen molar-refractivity contribution in [3.8, 4) is 6.07 Å². The third-order valence-electron chi connectivity index (χ3n) is 5.07. The minimum atomic E-state index is -3.37. The number of rotatable bonds is 7. The molecule has 0 spiro atoms. The Morgan fingerprint density at radius 2 is 1.81 bits per heavy atom. The van der Waals surface area contributed by atoms with Crippen LogP contribution in [0.2, 0.25) is 0 Å². The van der Waals surface area contributed by atoms with Gasteiger partial charge in [0.15, 0.2) is 0 Å². The van der Waals surface area contributed by atoms with Crippen molar-refractivity contribution in [2.45, 2.75) is 32.1 Å². The molecule has 0 radical (unpaired) electrons. The Morgan fingerprint density at radius 3 is 2.33 bits per heavy atom. The van der Waals surface area contributed by atoms with Crippen LogP contribution in [0.15, 0.2) is 30.3 Å². The number of hydrogen-bond acceptors (Lipinski definition) is 5. The fourth-order valence-electron chi connectivity index (χ4n) is 2.88. The van der Waals surface area contributed by atoms with Gasteiger partial charge in [-0.25, -0.2) is 8.42 Å². The maximum absolute atomic E-state index is 12.6. The summed E-state index contributed by atoms with van der Waals surface area (Å²) in [6, 6.07) is 11.3. The van der Waals surface area contributed by atoms with E-state index < -0.39 is 15.6 Å². The minimum Gasteiger partial charge on any atom is -0.337 e. The second-order valence-corrected chi connectivity index (χ2v) is 9.40. The van der Waals surface area contributed by atoms with Crippen LogP contribution in [0.4, 0.5) is 0 Å². The molecule has 1 aromatic rings. The van der Waals surface area contributed by atoms with Gasteiger partial charge in [0.05, 0.1) is 18.4 Å². The van der Waals surface area contributed by atoms with Crippen molar-refractivity contribution in [3.05, 3.63) is 35.9 Å². The van der Waals surface area contributed by atoms with E-state index in [1.165, 1.54) is 4.31 Å². The van der Waals surface area contributed by atoms with E-state index >= 15 is 0 Å². The van der Waals surface area contributed by atoms with E-state index in [2.05, 4.69) is 11.4 Å². The maximum Gasteiger partial charge on any atom is 0.235 e. The van der Waals surface area contributed by atoms with Crippen molar-refractivity contribution in [1.29, 1.82) is 5.26 Å². The largest absolute Gasteiger partial charge is 0.337 e. The smallest absolute Gasteiger partial charge is 0.235 e. The van der Waals surface area contributed by atoms with Crippen molar-refractivity contribution in [1.82, 2.24) is 14.5 Å². The van der Waals surface area contributed by atoms with E-state index in [4.69, 9.17) is 0 Å². The molecule has 1 fully saturated rings. The lowest BCUT2D eigenvalue weighted by Crippen LogP contribution is -2.55. The maximum atomic E-state index is 12.6. The molecule has 27 heavy (non-hydrogen) atoms. The Kier molecular flexibility index (Phi) is 6.98. The Bertz CT molecular complexity index is 781. The van der Waals surface area contributed by atoms with Crippen molar-refractivity contribution < 1.29 is 13.2 Å². The number of sulfonamides is 1. The molecule has 8 heteroatoms. The summed E-state index contributed by atoms with van der Waals surface area (Å²) in [5.74, 6) is -0.233. The highest BCUT2D eigenvalue weighted by molar-refractivity contribution is 7.88. The number of piperazine rings is 1. The Morgan fingerprint density at radius 1 is 1.22 bits per heavy atom. The minimum absolute atomic E-state index is 0.00794. The lowest BCUT2D eigenvalue weighted by Gasteiger charge is -2.34. The van der Waals surface area contributed by atoms with Crippen LogP contribution < -0.4 is 5.32 Å². The summed E-state index contributed by atoms with van der Waals surface area (Å²) in [6.45, 7) is 7.36. The van der Waals surface area contributed by atoms with Crippen LogP contribution in [0, 0.1) is 17.2 Å². The van der Waals surface area contributed by atoms with Gasteiger partial charge in [0.1, 0.15) is 5.54 Å². The number of nitriles is 1. The molecule has 148 valence electrons. The first-order chi connectivity index (χ1) is 12.7. The number of hydrogen-bond donors (Lipinski definition) is 1. The van der Waals surface area contributed by atoms with E-state index in [9.17, 15) is 18.5 Å². The summed E-state index contributed by atoms with van der Waals surface area (Å²) < 4.78 is 26.6. The Hall–Kier alpha value is -1.95. The van der Waals surface area contributed by atoms with Crippen molar-refractivity contribution in [2.75, 3.05) is 32.7 Å². The molecule has 1 heterocycles. The molecule has 7 nitrogen and oxygen atoms in total. The van der Waals surface area contributed by atoms with Gasteiger partial charge in [-0.05, 0) is 18.4 Å². The molecule has 1 saturated heterocycles. The molecule has 0 bridgehead atoms. The highest BCUT2D eigenvalue weighted by Crippen LogP contribution is 2.16. The number of carbonyl (C=O) groups excluding carboxylic acids is 1. The normalized spacial score (nSPS) is 18.6. The van der Waals surface area contributed by atoms with Crippen LogP contribution in [0.3, 0.4) is 0 Å². The lowest BCUT2D eigenvalue weighted by molar-refractivity contribution is -0.124. The average molecular weight is 393 g/mol. The molecular weight excluding hydrogens is 364 g/mol. The van der Waals surface area contributed by atoms with Gasteiger partial charge >= 0.3 is 0 Å². The fourth-order valence-corrected chi connectivity index (χ4v) is 4.39. The summed E-state index contributed by atoms with van der Waals surface area (Å²) >= 11 is 0. The zero-order valence-corrected chi connectivity index (χ0v) is 17.0. The number of amides is 1. The van der Waals surface area contributed by atoms with E-state index in [0.29, 0.717) is 26.2 Å². The second kappa shape index (κ2) is 8.83. The molecule has 1 aromatic carbocycles. The van der Waals surface area contributed by atoms with Crippen molar-refractivity contribution in [3.63, 3.8) is 0 Å². The monoisotopic (exact) mass is 392 g/mol. The van der Waals surface area contributed by atoms with Crippen molar-refractivity contribution in [2.24, 2.45) is 5.92 Å². The van der Waals surface area contributed by atoms with Crippen LogP contribution in [0.1, 0.15) is 26.3 Å². The summed E-state index contributed by atoms with van der Waals surface area (Å²) in [5.41, 5.74) is -0.137. The van der Waals surface area contributed by atoms with Crippen LogP contribution >= 0.6 is 0 Å². The van der Waals surface area contributed by atoms with Gasteiger partial charge in [0, 0.05) is 26.2 Å². The predicted octanol–water partition coefficient (Wildman–Crippen LogP) is 1.19. The SMILES string of the molecule is CC(C)[C@](C)(C#N)NC(=O)CN1CCN(S(=O)(=O)Cc2ccccc2)CC1. The number of nitrogens with one attached hydrogen (secondary N) is 1. The molecule has 1 aliphatic heterocycles. The molecule has 1 amide bonds. The van der Waals surface area contributed by atoms with Crippen LogP contribution in [-0.4, -0.2) is 61.8 Å². The molecule has 1 N–H and O–H groups in total.